The number of methoxy groups -OCH3 is 1. The summed E-state index contributed by atoms with van der Waals surface area (Å²) in [7, 11) is 1.60. The van der Waals surface area contributed by atoms with Crippen LogP contribution in [0.25, 0.3) is 21.1 Å². The number of anilines is 1. The molecule has 1 amide bonds. The molecule has 130 valence electrons. The summed E-state index contributed by atoms with van der Waals surface area (Å²) in [6, 6.07) is 10.4. The number of rotatable bonds is 3. The zero-order valence-electron chi connectivity index (χ0n) is 13.4. The minimum Gasteiger partial charge on any atom is -0.494 e. The Labute approximate surface area is 162 Å². The molecule has 0 spiro atoms. The molecular formula is C18H11Cl2N3O2S. The van der Waals surface area contributed by atoms with Gasteiger partial charge in [-0.15, -0.1) is 0 Å². The molecule has 0 saturated heterocycles. The Hall–Kier alpha value is -2.41. The molecular weight excluding hydrogens is 393 g/mol. The van der Waals surface area contributed by atoms with Crippen molar-refractivity contribution in [2.75, 3.05) is 12.4 Å². The maximum absolute atomic E-state index is 12.5. The van der Waals surface area contributed by atoms with E-state index in [9.17, 15) is 4.79 Å². The van der Waals surface area contributed by atoms with Gasteiger partial charge in [0.05, 0.1) is 27.9 Å². The lowest BCUT2D eigenvalue weighted by atomic mass is 10.2. The highest BCUT2D eigenvalue weighted by atomic mass is 35.5. The van der Waals surface area contributed by atoms with E-state index in [1.165, 1.54) is 17.4 Å². The molecule has 1 N–H and O–H groups in total. The van der Waals surface area contributed by atoms with Crippen LogP contribution in [-0.4, -0.2) is 23.0 Å². The molecule has 0 unspecified atom stereocenters. The number of hydrogen-bond acceptors (Lipinski definition) is 5. The van der Waals surface area contributed by atoms with Crippen LogP contribution in [0.5, 0.6) is 5.75 Å². The van der Waals surface area contributed by atoms with Gasteiger partial charge in [0.2, 0.25) is 0 Å². The van der Waals surface area contributed by atoms with Crippen LogP contribution in [0.2, 0.25) is 10.0 Å². The first kappa shape index (κ1) is 17.0. The van der Waals surface area contributed by atoms with Crippen LogP contribution < -0.4 is 10.1 Å². The number of amides is 1. The van der Waals surface area contributed by atoms with Gasteiger partial charge in [0.1, 0.15) is 11.3 Å². The lowest BCUT2D eigenvalue weighted by Gasteiger charge is -2.04. The molecule has 0 aliphatic rings. The number of aromatic nitrogens is 2. The number of ether oxygens (including phenoxy) is 1. The Morgan fingerprint density at radius 3 is 2.81 bits per heavy atom. The lowest BCUT2D eigenvalue weighted by molar-refractivity contribution is 0.102. The third-order valence-electron chi connectivity index (χ3n) is 3.83. The number of pyridine rings is 1. The SMILES string of the molecule is COc1cc2sc(NC(=O)c3ccc(Cl)cc3Cl)nc2c2cccnc12. The van der Waals surface area contributed by atoms with Crippen molar-refractivity contribution in [3.05, 3.63) is 58.2 Å². The molecule has 8 heteroatoms. The first-order valence-electron chi connectivity index (χ1n) is 7.55. The van der Waals surface area contributed by atoms with Gasteiger partial charge >= 0.3 is 0 Å². The first-order chi connectivity index (χ1) is 12.6. The molecule has 2 heterocycles. The maximum atomic E-state index is 12.5. The van der Waals surface area contributed by atoms with Crippen molar-refractivity contribution >= 4 is 66.7 Å². The van der Waals surface area contributed by atoms with Crippen LogP contribution in [0, 0.1) is 0 Å². The van der Waals surface area contributed by atoms with Gasteiger partial charge in [-0.1, -0.05) is 34.5 Å². The summed E-state index contributed by atoms with van der Waals surface area (Å²) in [5, 5.41) is 4.88. The zero-order chi connectivity index (χ0) is 18.3. The van der Waals surface area contributed by atoms with Gasteiger partial charge < -0.3 is 4.74 Å². The van der Waals surface area contributed by atoms with Crippen molar-refractivity contribution in [2.45, 2.75) is 0 Å². The largest absolute Gasteiger partial charge is 0.494 e. The minimum atomic E-state index is -0.347. The highest BCUT2D eigenvalue weighted by Gasteiger charge is 2.16. The lowest BCUT2D eigenvalue weighted by Crippen LogP contribution is -2.12. The zero-order valence-corrected chi connectivity index (χ0v) is 15.7. The van der Waals surface area contributed by atoms with Crippen LogP contribution >= 0.6 is 34.5 Å². The number of benzene rings is 2. The van der Waals surface area contributed by atoms with E-state index in [0.717, 1.165) is 21.1 Å². The topological polar surface area (TPSA) is 64.1 Å². The Bertz CT molecular complexity index is 1160. The molecule has 0 aliphatic carbocycles. The van der Waals surface area contributed by atoms with E-state index in [4.69, 9.17) is 27.9 Å². The number of carbonyl (C=O) groups is 1. The fraction of sp³-hybridized carbons (Fsp3) is 0.0556. The summed E-state index contributed by atoms with van der Waals surface area (Å²) in [5.41, 5.74) is 1.82. The Balaban J connectivity index is 1.76. The summed E-state index contributed by atoms with van der Waals surface area (Å²) in [5.74, 6) is 0.315. The number of carbonyl (C=O) groups excluding carboxylic acids is 1. The normalized spacial score (nSPS) is 11.0. The van der Waals surface area contributed by atoms with E-state index in [1.807, 2.05) is 18.2 Å². The Morgan fingerprint density at radius 2 is 2.04 bits per heavy atom. The van der Waals surface area contributed by atoms with Crippen LogP contribution in [0.4, 0.5) is 5.13 Å². The molecule has 2 aromatic heterocycles. The number of thiazole rings is 1. The van der Waals surface area contributed by atoms with Gasteiger partial charge in [-0.2, -0.15) is 0 Å². The second-order valence-corrected chi connectivity index (χ2v) is 7.30. The van der Waals surface area contributed by atoms with E-state index in [1.54, 1.807) is 25.4 Å². The molecule has 0 saturated carbocycles. The van der Waals surface area contributed by atoms with Crippen LogP contribution in [0.1, 0.15) is 10.4 Å². The molecule has 0 fully saturated rings. The first-order valence-corrected chi connectivity index (χ1v) is 9.12. The molecule has 0 aliphatic heterocycles. The summed E-state index contributed by atoms with van der Waals surface area (Å²) < 4.78 is 6.31. The highest BCUT2D eigenvalue weighted by Crippen LogP contribution is 2.36. The van der Waals surface area contributed by atoms with Crippen LogP contribution in [0.3, 0.4) is 0 Å². The number of halogens is 2. The second-order valence-electron chi connectivity index (χ2n) is 5.42. The summed E-state index contributed by atoms with van der Waals surface area (Å²) in [6.45, 7) is 0. The standard InChI is InChI=1S/C18H11Cl2N3O2S/c1-25-13-8-14-16(11-3-2-6-21-15(11)13)22-18(26-14)23-17(24)10-5-4-9(19)7-12(10)20/h2-8H,1H3,(H,22,23,24). The maximum Gasteiger partial charge on any atom is 0.258 e. The smallest absolute Gasteiger partial charge is 0.258 e. The molecule has 4 aromatic rings. The fourth-order valence-corrected chi connectivity index (χ4v) is 4.05. The fourth-order valence-electron chi connectivity index (χ4n) is 2.65. The minimum absolute atomic E-state index is 0.285. The van der Waals surface area contributed by atoms with E-state index in [2.05, 4.69) is 15.3 Å². The van der Waals surface area contributed by atoms with Crippen molar-refractivity contribution in [2.24, 2.45) is 0 Å². The molecule has 0 radical (unpaired) electrons. The predicted molar refractivity (Wildman–Crippen MR) is 106 cm³/mol. The van der Waals surface area contributed by atoms with Crippen LogP contribution in [0.15, 0.2) is 42.6 Å². The van der Waals surface area contributed by atoms with Crippen molar-refractivity contribution in [1.29, 1.82) is 0 Å². The number of nitrogens with zero attached hydrogens (tertiary/aromatic N) is 2. The van der Waals surface area contributed by atoms with Gasteiger partial charge in [0.15, 0.2) is 5.13 Å². The van der Waals surface area contributed by atoms with Gasteiger partial charge in [-0.3, -0.25) is 15.1 Å². The van der Waals surface area contributed by atoms with Gasteiger partial charge in [0.25, 0.3) is 5.91 Å². The van der Waals surface area contributed by atoms with Crippen molar-refractivity contribution in [3.8, 4) is 5.75 Å². The van der Waals surface area contributed by atoms with E-state index in [0.29, 0.717) is 21.5 Å². The van der Waals surface area contributed by atoms with E-state index in [-0.39, 0.29) is 10.9 Å². The van der Waals surface area contributed by atoms with Gasteiger partial charge in [-0.05, 0) is 30.3 Å². The quantitative estimate of drug-likeness (QED) is 0.496. The average Bonchev–Trinajstić information content (AvgIpc) is 3.03. The number of hydrogen-bond donors (Lipinski definition) is 1. The monoisotopic (exact) mass is 403 g/mol. The Morgan fingerprint density at radius 1 is 1.19 bits per heavy atom. The molecule has 26 heavy (non-hydrogen) atoms. The third-order valence-corrected chi connectivity index (χ3v) is 5.29. The van der Waals surface area contributed by atoms with E-state index >= 15 is 0 Å². The highest BCUT2D eigenvalue weighted by molar-refractivity contribution is 7.22. The van der Waals surface area contributed by atoms with Crippen molar-refractivity contribution in [1.82, 2.24) is 9.97 Å². The molecule has 0 atom stereocenters. The van der Waals surface area contributed by atoms with Crippen molar-refractivity contribution in [3.63, 3.8) is 0 Å². The third kappa shape index (κ3) is 2.96. The summed E-state index contributed by atoms with van der Waals surface area (Å²) >= 11 is 13.3. The number of nitrogens with one attached hydrogen (secondary N) is 1. The van der Waals surface area contributed by atoms with Gasteiger partial charge in [0, 0.05) is 22.7 Å². The molecule has 0 bridgehead atoms. The summed E-state index contributed by atoms with van der Waals surface area (Å²) in [4.78, 5) is 21.4. The van der Waals surface area contributed by atoms with Crippen LogP contribution in [-0.2, 0) is 0 Å². The summed E-state index contributed by atoms with van der Waals surface area (Å²) in [6.07, 6.45) is 1.70. The molecule has 4 rings (SSSR count). The number of fused-ring (bicyclic) bond motifs is 3. The molecule has 2 aromatic carbocycles. The average molecular weight is 404 g/mol. The van der Waals surface area contributed by atoms with Crippen molar-refractivity contribution < 1.29 is 9.53 Å². The Kier molecular flexibility index (Phi) is 4.40. The molecule has 5 nitrogen and oxygen atoms in total. The van der Waals surface area contributed by atoms with Gasteiger partial charge in [-0.25, -0.2) is 4.98 Å². The van der Waals surface area contributed by atoms with E-state index < -0.39 is 0 Å². The predicted octanol–water partition coefficient (Wildman–Crippen LogP) is 5.41. The second kappa shape index (κ2) is 6.72.